The summed E-state index contributed by atoms with van der Waals surface area (Å²) in [6.45, 7) is 0. The number of nitrogens with two attached hydrogens (primary N) is 1. The average Bonchev–Trinajstić information content (AvgIpc) is 2.72. The van der Waals surface area contributed by atoms with E-state index in [4.69, 9.17) is 17.3 Å². The van der Waals surface area contributed by atoms with Crippen LogP contribution in [0.3, 0.4) is 0 Å². The van der Waals surface area contributed by atoms with Crippen LogP contribution in [0, 0.1) is 0 Å². The van der Waals surface area contributed by atoms with E-state index in [2.05, 4.69) is 15.5 Å². The third kappa shape index (κ3) is 1.65. The highest BCUT2D eigenvalue weighted by Gasteiger charge is 2.33. The maximum Gasteiger partial charge on any atom is 0.151 e. The molecule has 0 aliphatic heterocycles. The Morgan fingerprint density at radius 1 is 1.50 bits per heavy atom. The van der Waals surface area contributed by atoms with Gasteiger partial charge in [0.05, 0.1) is 0 Å². The second-order valence-corrected chi connectivity index (χ2v) is 3.28. The third-order valence-corrected chi connectivity index (χ3v) is 2.01. The van der Waals surface area contributed by atoms with E-state index in [1.54, 1.807) is 12.1 Å². The zero-order chi connectivity index (χ0) is 8.55. The normalized spacial score (nSPS) is 26.8. The van der Waals surface area contributed by atoms with Crippen molar-refractivity contribution >= 4 is 17.4 Å². The molecule has 12 heavy (non-hydrogen) atoms. The third-order valence-electron chi connectivity index (χ3n) is 1.81. The summed E-state index contributed by atoms with van der Waals surface area (Å²) >= 11 is 5.57. The van der Waals surface area contributed by atoms with Crippen LogP contribution in [0.15, 0.2) is 12.1 Å². The molecule has 1 heterocycles. The molecule has 2 unspecified atom stereocenters. The molecule has 5 heteroatoms. The molecule has 2 atom stereocenters. The van der Waals surface area contributed by atoms with Gasteiger partial charge >= 0.3 is 0 Å². The van der Waals surface area contributed by atoms with Gasteiger partial charge in [0.15, 0.2) is 5.15 Å². The lowest BCUT2D eigenvalue weighted by molar-refractivity contribution is 0.963. The van der Waals surface area contributed by atoms with Crippen LogP contribution in [-0.2, 0) is 0 Å². The first kappa shape index (κ1) is 7.76. The molecule has 1 aromatic heterocycles. The fraction of sp³-hybridized carbons (Fsp3) is 0.429. The van der Waals surface area contributed by atoms with Crippen molar-refractivity contribution in [3.63, 3.8) is 0 Å². The first-order valence-corrected chi connectivity index (χ1v) is 4.15. The van der Waals surface area contributed by atoms with Crippen LogP contribution in [0.4, 0.5) is 5.82 Å². The van der Waals surface area contributed by atoms with Crippen LogP contribution in [0.25, 0.3) is 0 Å². The van der Waals surface area contributed by atoms with Crippen molar-refractivity contribution in [3.05, 3.63) is 17.3 Å². The van der Waals surface area contributed by atoms with Crippen LogP contribution in [0.1, 0.15) is 6.42 Å². The molecule has 4 nitrogen and oxygen atoms in total. The first-order chi connectivity index (χ1) is 5.75. The van der Waals surface area contributed by atoms with Crippen molar-refractivity contribution in [2.24, 2.45) is 5.73 Å². The highest BCUT2D eigenvalue weighted by atomic mass is 35.5. The molecule has 1 aromatic rings. The molecule has 0 saturated heterocycles. The maximum absolute atomic E-state index is 5.61. The Labute approximate surface area is 75.1 Å². The quantitative estimate of drug-likeness (QED) is 0.708. The van der Waals surface area contributed by atoms with Gasteiger partial charge in [-0.15, -0.1) is 10.2 Å². The van der Waals surface area contributed by atoms with Gasteiger partial charge in [-0.3, -0.25) is 0 Å². The van der Waals surface area contributed by atoms with Gasteiger partial charge in [0.2, 0.25) is 0 Å². The van der Waals surface area contributed by atoms with Crippen LogP contribution in [0.2, 0.25) is 5.15 Å². The van der Waals surface area contributed by atoms with Gasteiger partial charge in [-0.2, -0.15) is 0 Å². The lowest BCUT2D eigenvalue weighted by Crippen LogP contribution is -2.14. The first-order valence-electron chi connectivity index (χ1n) is 3.77. The van der Waals surface area contributed by atoms with E-state index in [0.717, 1.165) is 12.2 Å². The van der Waals surface area contributed by atoms with Gasteiger partial charge in [-0.05, 0) is 18.6 Å². The number of nitrogens with one attached hydrogen (secondary N) is 1. The Morgan fingerprint density at radius 3 is 2.75 bits per heavy atom. The number of hydrogen-bond donors (Lipinski definition) is 2. The largest absolute Gasteiger partial charge is 0.364 e. The summed E-state index contributed by atoms with van der Waals surface area (Å²) in [7, 11) is 0. The van der Waals surface area contributed by atoms with Crippen molar-refractivity contribution in [3.8, 4) is 0 Å². The Morgan fingerprint density at radius 2 is 2.25 bits per heavy atom. The van der Waals surface area contributed by atoms with E-state index < -0.39 is 0 Å². The SMILES string of the molecule is NC1CC1Nc1ccc(Cl)nn1. The van der Waals surface area contributed by atoms with Crippen LogP contribution in [0.5, 0.6) is 0 Å². The van der Waals surface area contributed by atoms with Crippen molar-refractivity contribution in [2.45, 2.75) is 18.5 Å². The van der Waals surface area contributed by atoms with Gasteiger partial charge in [0, 0.05) is 12.1 Å². The molecule has 0 aromatic carbocycles. The fourth-order valence-electron chi connectivity index (χ4n) is 0.964. The minimum Gasteiger partial charge on any atom is -0.364 e. The highest BCUT2D eigenvalue weighted by Crippen LogP contribution is 2.22. The summed E-state index contributed by atoms with van der Waals surface area (Å²) in [5.74, 6) is 0.734. The summed E-state index contributed by atoms with van der Waals surface area (Å²) in [5, 5.41) is 11.1. The summed E-state index contributed by atoms with van der Waals surface area (Å²) in [6.07, 6.45) is 1.00. The van der Waals surface area contributed by atoms with E-state index in [0.29, 0.717) is 11.2 Å². The lowest BCUT2D eigenvalue weighted by Gasteiger charge is -2.01. The van der Waals surface area contributed by atoms with Gasteiger partial charge in [-0.1, -0.05) is 11.6 Å². The van der Waals surface area contributed by atoms with E-state index in [-0.39, 0.29) is 6.04 Å². The van der Waals surface area contributed by atoms with Crippen molar-refractivity contribution < 1.29 is 0 Å². The Balaban J connectivity index is 2.00. The number of aromatic nitrogens is 2. The van der Waals surface area contributed by atoms with E-state index in [1.165, 1.54) is 0 Å². The minimum absolute atomic E-state index is 0.266. The Hall–Kier alpha value is -0.870. The van der Waals surface area contributed by atoms with E-state index in [9.17, 15) is 0 Å². The number of hydrogen-bond acceptors (Lipinski definition) is 4. The molecular weight excluding hydrogens is 176 g/mol. The van der Waals surface area contributed by atoms with Crippen LogP contribution in [-0.4, -0.2) is 22.3 Å². The molecular formula is C7H9ClN4. The predicted octanol–water partition coefficient (Wildman–Crippen LogP) is 0.641. The Bertz CT molecular complexity index is 273. The molecule has 1 fully saturated rings. The molecule has 0 spiro atoms. The van der Waals surface area contributed by atoms with E-state index in [1.807, 2.05) is 0 Å². The maximum atomic E-state index is 5.61. The predicted molar refractivity (Wildman–Crippen MR) is 47.0 cm³/mol. The molecule has 64 valence electrons. The minimum atomic E-state index is 0.266. The molecule has 1 saturated carbocycles. The van der Waals surface area contributed by atoms with Gasteiger partial charge in [0.1, 0.15) is 5.82 Å². The van der Waals surface area contributed by atoms with E-state index >= 15 is 0 Å². The molecule has 2 rings (SSSR count). The molecule has 1 aliphatic carbocycles. The molecule has 3 N–H and O–H groups in total. The summed E-state index contributed by atoms with van der Waals surface area (Å²) in [6, 6.07) is 4.12. The second kappa shape index (κ2) is 2.88. The number of halogens is 1. The Kier molecular flexibility index (Phi) is 1.86. The highest BCUT2D eigenvalue weighted by molar-refractivity contribution is 6.29. The topological polar surface area (TPSA) is 63.8 Å². The zero-order valence-corrected chi connectivity index (χ0v) is 7.12. The summed E-state index contributed by atoms with van der Waals surface area (Å²) in [4.78, 5) is 0. The smallest absolute Gasteiger partial charge is 0.151 e. The van der Waals surface area contributed by atoms with Crippen molar-refractivity contribution in [1.82, 2.24) is 10.2 Å². The second-order valence-electron chi connectivity index (χ2n) is 2.89. The standard InChI is InChI=1S/C7H9ClN4/c8-6-1-2-7(12-11-6)10-5-3-4(5)9/h1-2,4-5H,3,9H2,(H,10,12). The van der Waals surface area contributed by atoms with Crippen molar-refractivity contribution in [2.75, 3.05) is 5.32 Å². The summed E-state index contributed by atoms with van der Waals surface area (Å²) < 4.78 is 0. The van der Waals surface area contributed by atoms with Gasteiger partial charge in [0.25, 0.3) is 0 Å². The molecule has 0 amide bonds. The lowest BCUT2D eigenvalue weighted by atomic mass is 10.5. The molecule has 0 radical (unpaired) electrons. The molecule has 1 aliphatic rings. The summed E-state index contributed by atoms with van der Waals surface area (Å²) in [5.41, 5.74) is 5.61. The zero-order valence-electron chi connectivity index (χ0n) is 6.37. The monoisotopic (exact) mass is 184 g/mol. The van der Waals surface area contributed by atoms with Crippen LogP contribution >= 0.6 is 11.6 Å². The van der Waals surface area contributed by atoms with Gasteiger partial charge < -0.3 is 11.1 Å². The number of rotatable bonds is 2. The average molecular weight is 185 g/mol. The molecule has 0 bridgehead atoms. The van der Waals surface area contributed by atoms with Crippen molar-refractivity contribution in [1.29, 1.82) is 0 Å². The fourth-order valence-corrected chi connectivity index (χ4v) is 1.06. The van der Waals surface area contributed by atoms with Gasteiger partial charge in [-0.25, -0.2) is 0 Å². The number of anilines is 1. The number of nitrogens with zero attached hydrogens (tertiary/aromatic N) is 2. The van der Waals surface area contributed by atoms with Crippen LogP contribution < -0.4 is 11.1 Å².